The lowest BCUT2D eigenvalue weighted by Gasteiger charge is -2.36. The van der Waals surface area contributed by atoms with Gasteiger partial charge in [-0.05, 0) is 36.2 Å². The fourth-order valence-corrected chi connectivity index (χ4v) is 5.79. The van der Waals surface area contributed by atoms with E-state index in [9.17, 15) is 18.8 Å². The van der Waals surface area contributed by atoms with Crippen LogP contribution in [-0.4, -0.2) is 53.9 Å². The maximum absolute atomic E-state index is 14.8. The number of ketones is 1. The lowest BCUT2D eigenvalue weighted by atomic mass is 9.90. The molecule has 0 aliphatic carbocycles. The van der Waals surface area contributed by atoms with Crippen LogP contribution in [0.2, 0.25) is 19.6 Å². The standard InChI is InChI=1S/C26H33FN2O5Si/c1-5-34-23-12-10-18-20(28-23)13-14-29(24(31)7-6-8-25(32)33)26(18)21(30)16-17-9-11-22(19(27)15-17)35(2,3)4/h9-12,15,26H,5-8,13-14,16H2,1-4H3,(H,32,33)/t26-/m1/s1. The van der Waals surface area contributed by atoms with Gasteiger partial charge in [0.05, 0.1) is 20.4 Å². The number of pyridine rings is 1. The molecule has 1 aliphatic heterocycles. The molecule has 2 heterocycles. The number of benzene rings is 1. The second-order valence-corrected chi connectivity index (χ2v) is 14.9. The second kappa shape index (κ2) is 11.1. The first kappa shape index (κ1) is 26.5. The Balaban J connectivity index is 1.90. The summed E-state index contributed by atoms with van der Waals surface area (Å²) < 4.78 is 20.3. The Hall–Kier alpha value is -3.07. The minimum atomic E-state index is -1.85. The third kappa shape index (κ3) is 6.54. The van der Waals surface area contributed by atoms with E-state index in [4.69, 9.17) is 9.84 Å². The Labute approximate surface area is 206 Å². The minimum Gasteiger partial charge on any atom is -0.481 e. The van der Waals surface area contributed by atoms with Crippen LogP contribution in [0.4, 0.5) is 4.39 Å². The Morgan fingerprint density at radius 2 is 1.91 bits per heavy atom. The van der Waals surface area contributed by atoms with Gasteiger partial charge in [-0.1, -0.05) is 31.8 Å². The van der Waals surface area contributed by atoms with Gasteiger partial charge in [0.2, 0.25) is 11.8 Å². The Morgan fingerprint density at radius 3 is 2.54 bits per heavy atom. The number of Topliss-reactive ketones (excluding diaryl/α,β-unsaturated/α-hetero) is 1. The quantitative estimate of drug-likeness (QED) is 0.500. The molecule has 1 aliphatic rings. The van der Waals surface area contributed by atoms with Crippen LogP contribution >= 0.6 is 0 Å². The average Bonchev–Trinajstić information content (AvgIpc) is 2.77. The van der Waals surface area contributed by atoms with E-state index in [1.807, 2.05) is 6.92 Å². The molecule has 0 fully saturated rings. The van der Waals surface area contributed by atoms with Crippen molar-refractivity contribution in [2.24, 2.45) is 0 Å². The number of carboxylic acids is 1. The Morgan fingerprint density at radius 1 is 1.17 bits per heavy atom. The van der Waals surface area contributed by atoms with E-state index in [0.29, 0.717) is 47.5 Å². The van der Waals surface area contributed by atoms with Gasteiger partial charge in [0.25, 0.3) is 0 Å². The molecule has 0 saturated carbocycles. The van der Waals surface area contributed by atoms with Gasteiger partial charge in [-0.3, -0.25) is 14.4 Å². The van der Waals surface area contributed by atoms with Crippen molar-refractivity contribution in [1.29, 1.82) is 0 Å². The predicted octanol–water partition coefficient (Wildman–Crippen LogP) is 3.66. The molecule has 0 bridgehead atoms. The van der Waals surface area contributed by atoms with Gasteiger partial charge >= 0.3 is 5.97 Å². The number of halogens is 1. The summed E-state index contributed by atoms with van der Waals surface area (Å²) in [5.74, 6) is -1.32. The number of aromatic nitrogens is 1. The number of aliphatic carboxylic acids is 1. The molecule has 2 aromatic rings. The van der Waals surface area contributed by atoms with E-state index in [2.05, 4.69) is 24.6 Å². The van der Waals surface area contributed by atoms with Crippen LogP contribution in [0.25, 0.3) is 0 Å². The largest absolute Gasteiger partial charge is 0.481 e. The van der Waals surface area contributed by atoms with Gasteiger partial charge < -0.3 is 14.7 Å². The van der Waals surface area contributed by atoms with Crippen molar-refractivity contribution in [2.45, 2.75) is 64.7 Å². The molecule has 9 heteroatoms. The summed E-state index contributed by atoms with van der Waals surface area (Å²) >= 11 is 0. The third-order valence-electron chi connectivity index (χ3n) is 6.10. The maximum atomic E-state index is 14.8. The summed E-state index contributed by atoms with van der Waals surface area (Å²) in [4.78, 5) is 43.5. The van der Waals surface area contributed by atoms with Crippen molar-refractivity contribution >= 4 is 30.9 Å². The fourth-order valence-electron chi connectivity index (χ4n) is 4.42. The van der Waals surface area contributed by atoms with E-state index in [1.165, 1.54) is 11.0 Å². The minimum absolute atomic E-state index is 0.0286. The molecule has 1 aromatic carbocycles. The lowest BCUT2D eigenvalue weighted by Crippen LogP contribution is -2.44. The number of rotatable bonds is 10. The van der Waals surface area contributed by atoms with Gasteiger partial charge in [-0.15, -0.1) is 0 Å². The van der Waals surface area contributed by atoms with Gasteiger partial charge in [0, 0.05) is 43.9 Å². The van der Waals surface area contributed by atoms with Crippen molar-refractivity contribution < 1.29 is 28.6 Å². The summed E-state index contributed by atoms with van der Waals surface area (Å²) in [5.41, 5.74) is 1.89. The van der Waals surface area contributed by atoms with Crippen LogP contribution in [0, 0.1) is 5.82 Å². The highest BCUT2D eigenvalue weighted by molar-refractivity contribution is 6.88. The first-order chi connectivity index (χ1) is 16.5. The summed E-state index contributed by atoms with van der Waals surface area (Å²) in [7, 11) is -1.85. The molecule has 0 radical (unpaired) electrons. The molecule has 1 atom stereocenters. The van der Waals surface area contributed by atoms with Crippen LogP contribution in [0.3, 0.4) is 0 Å². The molecular formula is C26H33FN2O5Si. The Bertz CT molecular complexity index is 1120. The zero-order valence-corrected chi connectivity index (χ0v) is 21.8. The third-order valence-corrected chi connectivity index (χ3v) is 8.12. The number of nitrogens with zero attached hydrogens (tertiary/aromatic N) is 2. The van der Waals surface area contributed by atoms with E-state index in [0.717, 1.165) is 0 Å². The number of hydrogen-bond acceptors (Lipinski definition) is 5. The number of ether oxygens (including phenoxy) is 1. The maximum Gasteiger partial charge on any atom is 0.303 e. The van der Waals surface area contributed by atoms with Gasteiger partial charge in [-0.2, -0.15) is 0 Å². The molecule has 3 rings (SSSR count). The zero-order chi connectivity index (χ0) is 25.8. The smallest absolute Gasteiger partial charge is 0.303 e. The summed E-state index contributed by atoms with van der Waals surface area (Å²) in [6, 6.07) is 7.56. The van der Waals surface area contributed by atoms with Gasteiger partial charge in [0.1, 0.15) is 11.9 Å². The highest BCUT2D eigenvalue weighted by atomic mass is 28.3. The molecule has 7 nitrogen and oxygen atoms in total. The second-order valence-electron chi connectivity index (χ2n) is 9.81. The number of carboxylic acid groups (broad SMARTS) is 1. The molecule has 1 amide bonds. The van der Waals surface area contributed by atoms with Crippen LogP contribution in [0.5, 0.6) is 5.88 Å². The van der Waals surface area contributed by atoms with E-state index in [1.54, 1.807) is 24.3 Å². The van der Waals surface area contributed by atoms with E-state index < -0.39 is 20.1 Å². The number of carbonyl (C=O) groups excluding carboxylic acids is 2. The highest BCUT2D eigenvalue weighted by Gasteiger charge is 2.36. The first-order valence-corrected chi connectivity index (χ1v) is 15.5. The molecule has 0 saturated heterocycles. The predicted molar refractivity (Wildman–Crippen MR) is 133 cm³/mol. The zero-order valence-electron chi connectivity index (χ0n) is 20.8. The number of amides is 1. The number of carbonyl (C=O) groups is 3. The van der Waals surface area contributed by atoms with Crippen molar-refractivity contribution in [1.82, 2.24) is 9.88 Å². The monoisotopic (exact) mass is 500 g/mol. The van der Waals surface area contributed by atoms with Crippen molar-refractivity contribution in [2.75, 3.05) is 13.2 Å². The normalized spacial score (nSPS) is 15.5. The van der Waals surface area contributed by atoms with E-state index in [-0.39, 0.29) is 43.2 Å². The van der Waals surface area contributed by atoms with E-state index >= 15 is 0 Å². The number of fused-ring (bicyclic) bond motifs is 1. The molecule has 1 N–H and O–H groups in total. The summed E-state index contributed by atoms with van der Waals surface area (Å²) in [6.07, 6.45) is 0.554. The number of hydrogen-bond donors (Lipinski definition) is 1. The molecule has 0 spiro atoms. The van der Waals surface area contributed by atoms with Gasteiger partial charge in [0.15, 0.2) is 5.78 Å². The van der Waals surface area contributed by atoms with Crippen LogP contribution in [0.1, 0.15) is 49.0 Å². The molecule has 188 valence electrons. The lowest BCUT2D eigenvalue weighted by molar-refractivity contribution is -0.141. The highest BCUT2D eigenvalue weighted by Crippen LogP contribution is 2.33. The van der Waals surface area contributed by atoms with Crippen molar-refractivity contribution in [3.8, 4) is 5.88 Å². The Kier molecular flexibility index (Phi) is 8.42. The first-order valence-electron chi connectivity index (χ1n) is 12.0. The van der Waals surface area contributed by atoms with Crippen LogP contribution in [0.15, 0.2) is 30.3 Å². The SMILES string of the molecule is CCOc1ccc2c(n1)CCN(C(=O)CCCC(=O)O)[C@H]2C(=O)Cc1ccc([Si](C)(C)C)c(F)c1. The van der Waals surface area contributed by atoms with Crippen LogP contribution < -0.4 is 9.92 Å². The molecule has 1 aromatic heterocycles. The van der Waals surface area contributed by atoms with Crippen molar-refractivity contribution in [3.05, 3.63) is 53.0 Å². The molecular weight excluding hydrogens is 467 g/mol. The molecule has 35 heavy (non-hydrogen) atoms. The van der Waals surface area contributed by atoms with Gasteiger partial charge in [-0.25, -0.2) is 9.37 Å². The van der Waals surface area contributed by atoms with Crippen LogP contribution in [-0.2, 0) is 27.2 Å². The van der Waals surface area contributed by atoms with Crippen molar-refractivity contribution in [3.63, 3.8) is 0 Å². The summed E-state index contributed by atoms with van der Waals surface area (Å²) in [5, 5.41) is 9.61. The summed E-state index contributed by atoms with van der Waals surface area (Å²) in [6.45, 7) is 8.80. The average molecular weight is 501 g/mol. The topological polar surface area (TPSA) is 96.8 Å². The molecule has 0 unspecified atom stereocenters. The fraction of sp³-hybridized carbons (Fsp3) is 0.462.